The second kappa shape index (κ2) is 6.24. The predicted octanol–water partition coefficient (Wildman–Crippen LogP) is 4.84. The molecule has 0 aromatic heterocycles. The molecule has 0 bridgehead atoms. The first-order valence-electron chi connectivity index (χ1n) is 5.31. The zero-order valence-electron chi connectivity index (χ0n) is 9.19. The van der Waals surface area contributed by atoms with Gasteiger partial charge in [-0.25, -0.2) is 0 Å². The Kier molecular flexibility index (Phi) is 5.27. The molecule has 0 saturated heterocycles. The lowest BCUT2D eigenvalue weighted by Gasteiger charge is -2.12. The van der Waals surface area contributed by atoms with Crippen LogP contribution in [0.5, 0.6) is 0 Å². The highest BCUT2D eigenvalue weighted by atomic mass is 35.5. The Bertz CT molecular complexity index is 292. The number of hydrogen-bond acceptors (Lipinski definition) is 1. The van der Waals surface area contributed by atoms with Crippen molar-refractivity contribution in [2.24, 2.45) is 5.92 Å². The quantitative estimate of drug-likeness (QED) is 0.783. The molecule has 1 atom stereocenters. The molecule has 3 heteroatoms. The maximum absolute atomic E-state index is 5.90. The lowest BCUT2D eigenvalue weighted by molar-refractivity contribution is 0.551. The van der Waals surface area contributed by atoms with Gasteiger partial charge in [0, 0.05) is 22.3 Å². The van der Waals surface area contributed by atoms with E-state index in [2.05, 4.69) is 19.2 Å². The molecule has 0 saturated carbocycles. The number of halogens is 2. The van der Waals surface area contributed by atoms with Gasteiger partial charge in [0.15, 0.2) is 0 Å². The topological polar surface area (TPSA) is 12.0 Å². The average Bonchev–Trinajstić information content (AvgIpc) is 2.14. The van der Waals surface area contributed by atoms with Crippen molar-refractivity contribution in [2.45, 2.75) is 26.7 Å². The Hall–Kier alpha value is -0.400. The van der Waals surface area contributed by atoms with Gasteiger partial charge in [-0.1, -0.05) is 43.5 Å². The number of rotatable bonds is 5. The highest BCUT2D eigenvalue weighted by Crippen LogP contribution is 2.22. The summed E-state index contributed by atoms with van der Waals surface area (Å²) in [5.41, 5.74) is 0.996. The first kappa shape index (κ1) is 12.7. The van der Waals surface area contributed by atoms with E-state index in [9.17, 15) is 0 Å². The summed E-state index contributed by atoms with van der Waals surface area (Å²) in [5.74, 6) is 0.674. The first-order chi connectivity index (χ1) is 7.11. The van der Waals surface area contributed by atoms with Crippen LogP contribution in [0.2, 0.25) is 10.0 Å². The molecule has 0 spiro atoms. The van der Waals surface area contributed by atoms with Crippen molar-refractivity contribution in [1.29, 1.82) is 0 Å². The lowest BCUT2D eigenvalue weighted by atomic mass is 10.1. The second-order valence-corrected chi connectivity index (χ2v) is 4.81. The van der Waals surface area contributed by atoms with Gasteiger partial charge in [0.25, 0.3) is 0 Å². The van der Waals surface area contributed by atoms with Crippen LogP contribution in [0, 0.1) is 5.92 Å². The van der Waals surface area contributed by atoms with Crippen molar-refractivity contribution in [2.75, 3.05) is 11.9 Å². The van der Waals surface area contributed by atoms with Gasteiger partial charge in [0.1, 0.15) is 0 Å². The van der Waals surface area contributed by atoms with E-state index in [4.69, 9.17) is 23.2 Å². The highest BCUT2D eigenvalue weighted by molar-refractivity contribution is 6.35. The van der Waals surface area contributed by atoms with Gasteiger partial charge in [0.05, 0.1) is 0 Å². The summed E-state index contributed by atoms with van der Waals surface area (Å²) in [5, 5.41) is 4.69. The van der Waals surface area contributed by atoms with E-state index in [1.165, 1.54) is 12.8 Å². The van der Waals surface area contributed by atoms with Crippen LogP contribution in [0.4, 0.5) is 5.69 Å². The van der Waals surface area contributed by atoms with Crippen molar-refractivity contribution in [1.82, 2.24) is 0 Å². The van der Waals surface area contributed by atoms with Crippen LogP contribution in [0.25, 0.3) is 0 Å². The molecule has 1 N–H and O–H groups in total. The summed E-state index contributed by atoms with van der Waals surface area (Å²) in [6.07, 6.45) is 2.46. The Morgan fingerprint density at radius 1 is 1.20 bits per heavy atom. The predicted molar refractivity (Wildman–Crippen MR) is 69.0 cm³/mol. The van der Waals surface area contributed by atoms with Crippen LogP contribution in [0.1, 0.15) is 26.7 Å². The molecule has 0 aliphatic rings. The van der Waals surface area contributed by atoms with Crippen molar-refractivity contribution < 1.29 is 0 Å². The molecular formula is C12H17Cl2N. The summed E-state index contributed by atoms with van der Waals surface area (Å²) in [4.78, 5) is 0. The van der Waals surface area contributed by atoms with Gasteiger partial charge >= 0.3 is 0 Å². The molecule has 1 aromatic rings. The van der Waals surface area contributed by atoms with E-state index in [1.807, 2.05) is 12.1 Å². The minimum atomic E-state index is 0.674. The van der Waals surface area contributed by atoms with Crippen LogP contribution in [0.3, 0.4) is 0 Å². The Morgan fingerprint density at radius 2 is 1.80 bits per heavy atom. The average molecular weight is 246 g/mol. The van der Waals surface area contributed by atoms with E-state index in [1.54, 1.807) is 6.07 Å². The van der Waals surface area contributed by atoms with Crippen molar-refractivity contribution in [3.63, 3.8) is 0 Å². The summed E-state index contributed by atoms with van der Waals surface area (Å²) in [6, 6.07) is 5.53. The van der Waals surface area contributed by atoms with E-state index >= 15 is 0 Å². The van der Waals surface area contributed by atoms with Crippen molar-refractivity contribution in [3.05, 3.63) is 28.2 Å². The van der Waals surface area contributed by atoms with Gasteiger partial charge in [0.2, 0.25) is 0 Å². The molecule has 0 aliphatic carbocycles. The largest absolute Gasteiger partial charge is 0.385 e. The molecule has 0 radical (unpaired) electrons. The molecule has 1 rings (SSSR count). The highest BCUT2D eigenvalue weighted by Gasteiger charge is 2.01. The third-order valence-corrected chi connectivity index (χ3v) is 2.74. The van der Waals surface area contributed by atoms with E-state index in [0.717, 1.165) is 12.2 Å². The van der Waals surface area contributed by atoms with Crippen LogP contribution in [0.15, 0.2) is 18.2 Å². The van der Waals surface area contributed by atoms with Crippen LogP contribution < -0.4 is 5.32 Å². The standard InChI is InChI=1S/C12H17Cl2N/c1-3-4-9(2)8-15-12-6-10(13)5-11(14)7-12/h5-7,9,15H,3-4,8H2,1-2H3. The second-order valence-electron chi connectivity index (χ2n) is 3.93. The number of nitrogens with one attached hydrogen (secondary N) is 1. The third-order valence-electron chi connectivity index (χ3n) is 2.30. The van der Waals surface area contributed by atoms with Gasteiger partial charge < -0.3 is 5.32 Å². The molecule has 0 fully saturated rings. The van der Waals surface area contributed by atoms with E-state index < -0.39 is 0 Å². The Balaban J connectivity index is 2.50. The summed E-state index contributed by atoms with van der Waals surface area (Å²) in [6.45, 7) is 5.40. The van der Waals surface area contributed by atoms with Gasteiger partial charge in [-0.2, -0.15) is 0 Å². The fourth-order valence-electron chi connectivity index (χ4n) is 1.54. The van der Waals surface area contributed by atoms with E-state index in [-0.39, 0.29) is 0 Å². The lowest BCUT2D eigenvalue weighted by Crippen LogP contribution is -2.10. The summed E-state index contributed by atoms with van der Waals surface area (Å²) in [7, 11) is 0. The fourth-order valence-corrected chi connectivity index (χ4v) is 2.07. The molecule has 0 amide bonds. The van der Waals surface area contributed by atoms with Crippen LogP contribution in [-0.4, -0.2) is 6.54 Å². The minimum Gasteiger partial charge on any atom is -0.385 e. The zero-order chi connectivity index (χ0) is 11.3. The molecule has 0 heterocycles. The smallest absolute Gasteiger partial charge is 0.0441 e. The molecular weight excluding hydrogens is 229 g/mol. The van der Waals surface area contributed by atoms with E-state index in [0.29, 0.717) is 16.0 Å². The molecule has 1 unspecified atom stereocenters. The molecule has 1 aromatic carbocycles. The zero-order valence-corrected chi connectivity index (χ0v) is 10.7. The number of hydrogen-bond donors (Lipinski definition) is 1. The van der Waals surface area contributed by atoms with Crippen molar-refractivity contribution >= 4 is 28.9 Å². The SMILES string of the molecule is CCCC(C)CNc1cc(Cl)cc(Cl)c1. The monoisotopic (exact) mass is 245 g/mol. The van der Waals surface area contributed by atoms with Crippen LogP contribution >= 0.6 is 23.2 Å². The Labute approximate surface area is 102 Å². The van der Waals surface area contributed by atoms with Crippen molar-refractivity contribution in [3.8, 4) is 0 Å². The molecule has 15 heavy (non-hydrogen) atoms. The normalized spacial score (nSPS) is 12.5. The summed E-state index contributed by atoms with van der Waals surface area (Å²) < 4.78 is 0. The third kappa shape index (κ3) is 4.76. The maximum Gasteiger partial charge on any atom is 0.0441 e. The minimum absolute atomic E-state index is 0.674. The number of anilines is 1. The van der Waals surface area contributed by atoms with Gasteiger partial charge in [-0.15, -0.1) is 0 Å². The van der Waals surface area contributed by atoms with Gasteiger partial charge in [-0.3, -0.25) is 0 Å². The maximum atomic E-state index is 5.90. The van der Waals surface area contributed by atoms with Crippen LogP contribution in [-0.2, 0) is 0 Å². The first-order valence-corrected chi connectivity index (χ1v) is 6.07. The fraction of sp³-hybridized carbons (Fsp3) is 0.500. The molecule has 1 nitrogen and oxygen atoms in total. The Morgan fingerprint density at radius 3 is 2.33 bits per heavy atom. The van der Waals surface area contributed by atoms with Gasteiger partial charge in [-0.05, 0) is 30.5 Å². The summed E-state index contributed by atoms with van der Waals surface area (Å²) >= 11 is 11.8. The number of benzene rings is 1. The molecule has 0 aliphatic heterocycles. The molecule has 84 valence electrons.